The highest BCUT2D eigenvalue weighted by molar-refractivity contribution is 6.03. The smallest absolute Gasteiger partial charge is 0.248 e. The lowest BCUT2D eigenvalue weighted by atomic mass is 9.62. The van der Waals surface area contributed by atoms with Crippen molar-refractivity contribution in [2.75, 3.05) is 31.2 Å². The Morgan fingerprint density at radius 1 is 1.11 bits per heavy atom. The Labute approximate surface area is 280 Å². The van der Waals surface area contributed by atoms with Crippen molar-refractivity contribution >= 4 is 23.4 Å². The summed E-state index contributed by atoms with van der Waals surface area (Å²) < 4.78 is 12.7. The number of rotatable bonds is 14. The van der Waals surface area contributed by atoms with Crippen LogP contribution in [0.4, 0.5) is 5.69 Å². The number of ether oxygens (including phenoxy) is 2. The number of hydrogen-bond donors (Lipinski definition) is 1. The maximum atomic E-state index is 15.1. The van der Waals surface area contributed by atoms with Crippen molar-refractivity contribution in [3.63, 3.8) is 0 Å². The first-order chi connectivity index (χ1) is 22.5. The molecule has 3 saturated heterocycles. The summed E-state index contributed by atoms with van der Waals surface area (Å²) in [5.74, 6) is -1.57. The van der Waals surface area contributed by atoms with E-state index in [-0.39, 0.29) is 48.8 Å². The molecule has 4 aliphatic rings. The summed E-state index contributed by atoms with van der Waals surface area (Å²) in [6.07, 6.45) is 9.49. The average Bonchev–Trinajstić information content (AvgIpc) is 3.58. The molecule has 5 rings (SSSR count). The molecule has 1 N–H and O–H groups in total. The monoisotopic (exact) mass is 649 g/mol. The second kappa shape index (κ2) is 14.1. The van der Waals surface area contributed by atoms with Gasteiger partial charge in [-0.15, -0.1) is 13.2 Å². The lowest BCUT2D eigenvalue weighted by molar-refractivity contribution is -0.157. The number of likely N-dealkylation sites (tertiary alicyclic amines) is 1. The van der Waals surface area contributed by atoms with Crippen LogP contribution in [-0.2, 0) is 19.1 Å². The number of nitrogens with zero attached hydrogens (tertiary/aromatic N) is 3. The molecule has 9 nitrogen and oxygen atoms in total. The summed E-state index contributed by atoms with van der Waals surface area (Å²) >= 11 is 0. The van der Waals surface area contributed by atoms with Crippen molar-refractivity contribution in [1.82, 2.24) is 9.80 Å². The molecule has 0 radical (unpaired) electrons. The van der Waals surface area contributed by atoms with E-state index in [1.807, 2.05) is 56.9 Å². The molecule has 4 fully saturated rings. The highest BCUT2D eigenvalue weighted by Gasteiger charge is 2.80. The molecule has 3 aliphatic heterocycles. The Balaban J connectivity index is 1.61. The van der Waals surface area contributed by atoms with Crippen molar-refractivity contribution in [2.45, 2.75) is 109 Å². The molecule has 47 heavy (non-hydrogen) atoms. The predicted molar refractivity (Wildman–Crippen MR) is 183 cm³/mol. The SMILES string of the molecule is C=CCN(C(=O)[C@H]1[C@H]2C(=O)N([C@@H](CO)CC(C)C)C(C(=O)N(CC=C)C3CCCCC3)C23CC(C)[C@]1(C)O3)c1ccc(OCC)cc1. The molecular formula is C38H55N3O6. The Morgan fingerprint density at radius 2 is 1.77 bits per heavy atom. The first kappa shape index (κ1) is 35.1. The molecule has 1 aromatic rings. The van der Waals surface area contributed by atoms with Gasteiger partial charge in [-0.1, -0.05) is 52.2 Å². The van der Waals surface area contributed by atoms with E-state index >= 15 is 4.79 Å². The van der Waals surface area contributed by atoms with Gasteiger partial charge in [0, 0.05) is 24.8 Å². The topological polar surface area (TPSA) is 99.6 Å². The van der Waals surface area contributed by atoms with Gasteiger partial charge in [0.15, 0.2) is 0 Å². The van der Waals surface area contributed by atoms with Crippen LogP contribution in [0.1, 0.15) is 79.6 Å². The molecule has 1 spiro atoms. The molecule has 3 unspecified atom stereocenters. The Morgan fingerprint density at radius 3 is 2.34 bits per heavy atom. The van der Waals surface area contributed by atoms with E-state index in [1.165, 1.54) is 0 Å². The van der Waals surface area contributed by atoms with Crippen LogP contribution in [0.25, 0.3) is 0 Å². The second-order valence-electron chi connectivity index (χ2n) is 14.7. The highest BCUT2D eigenvalue weighted by atomic mass is 16.5. The van der Waals surface area contributed by atoms with E-state index < -0.39 is 35.1 Å². The molecule has 9 heteroatoms. The first-order valence-corrected chi connectivity index (χ1v) is 17.7. The van der Waals surface area contributed by atoms with Gasteiger partial charge in [-0.05, 0) is 75.6 Å². The van der Waals surface area contributed by atoms with Crippen molar-refractivity contribution in [1.29, 1.82) is 0 Å². The third-order valence-electron chi connectivity index (χ3n) is 11.3. The van der Waals surface area contributed by atoms with Gasteiger partial charge in [0.05, 0.1) is 36.7 Å². The third-order valence-corrected chi connectivity index (χ3v) is 11.3. The zero-order valence-corrected chi connectivity index (χ0v) is 29.0. The summed E-state index contributed by atoms with van der Waals surface area (Å²) in [4.78, 5) is 50.1. The van der Waals surface area contributed by atoms with Gasteiger partial charge >= 0.3 is 0 Å². The predicted octanol–water partition coefficient (Wildman–Crippen LogP) is 5.37. The number of fused-ring (bicyclic) bond motifs is 1. The van der Waals surface area contributed by atoms with E-state index in [0.29, 0.717) is 37.4 Å². The number of hydrogen-bond acceptors (Lipinski definition) is 6. The van der Waals surface area contributed by atoms with Gasteiger partial charge in [0.25, 0.3) is 0 Å². The van der Waals surface area contributed by atoms with Gasteiger partial charge in [-0.3, -0.25) is 14.4 Å². The number of aliphatic hydroxyl groups is 1. The Bertz CT molecular complexity index is 1320. The number of carbonyl (C=O) groups excluding carboxylic acids is 3. The van der Waals surface area contributed by atoms with Gasteiger partial charge in [-0.25, -0.2) is 0 Å². The average molecular weight is 650 g/mol. The lowest BCUT2D eigenvalue weighted by Crippen LogP contribution is -2.60. The molecule has 0 aromatic heterocycles. The summed E-state index contributed by atoms with van der Waals surface area (Å²) in [7, 11) is 0. The standard InChI is InChI=1S/C38H55N3O6/c1-8-20-39(28-16-18-30(19-17-28)46-10-3)34(43)31-32-35(44)41(29(24-42)22-25(4)5)33(38(32)23-26(6)37(31,7)47-38)36(45)40(21-9-2)27-14-12-11-13-15-27/h8-9,16-19,25-27,29,31-33,42H,1-2,10-15,20-24H2,3-7H3/t26?,29-,31-,32+,33?,37+,38?/m1/s1. The minimum absolute atomic E-state index is 0.0473. The van der Waals surface area contributed by atoms with Crippen LogP contribution < -0.4 is 9.64 Å². The molecule has 2 bridgehead atoms. The van der Waals surface area contributed by atoms with Crippen LogP contribution in [0.3, 0.4) is 0 Å². The second-order valence-corrected chi connectivity index (χ2v) is 14.7. The van der Waals surface area contributed by atoms with E-state index in [1.54, 1.807) is 22.0 Å². The molecule has 258 valence electrons. The fraction of sp³-hybridized carbons (Fsp3) is 0.658. The molecule has 7 atom stereocenters. The van der Waals surface area contributed by atoms with Crippen molar-refractivity contribution < 1.29 is 29.0 Å². The first-order valence-electron chi connectivity index (χ1n) is 17.7. The summed E-state index contributed by atoms with van der Waals surface area (Å²) in [5.41, 5.74) is -1.49. The third kappa shape index (κ3) is 6.03. The molecule has 3 amide bonds. The van der Waals surface area contributed by atoms with Crippen LogP contribution in [0, 0.1) is 23.7 Å². The van der Waals surface area contributed by atoms with Gasteiger partial charge in [-0.2, -0.15) is 0 Å². The molecule has 1 aromatic carbocycles. The maximum absolute atomic E-state index is 15.1. The van der Waals surface area contributed by atoms with Crippen molar-refractivity contribution in [3.8, 4) is 5.75 Å². The minimum Gasteiger partial charge on any atom is -0.494 e. The van der Waals surface area contributed by atoms with Gasteiger partial charge in [0.1, 0.15) is 17.4 Å². The van der Waals surface area contributed by atoms with Crippen LogP contribution >= 0.6 is 0 Å². The lowest BCUT2D eigenvalue weighted by Gasteiger charge is -2.42. The molecular weight excluding hydrogens is 594 g/mol. The number of carbonyl (C=O) groups is 3. The fourth-order valence-corrected chi connectivity index (χ4v) is 9.16. The van der Waals surface area contributed by atoms with E-state index in [0.717, 1.165) is 32.1 Å². The zero-order valence-electron chi connectivity index (χ0n) is 29.0. The highest BCUT2D eigenvalue weighted by Crippen LogP contribution is 2.66. The zero-order chi connectivity index (χ0) is 34.1. The quantitative estimate of drug-likeness (QED) is 0.272. The summed E-state index contributed by atoms with van der Waals surface area (Å²) in [5, 5.41) is 10.7. The number of amides is 3. The van der Waals surface area contributed by atoms with Crippen LogP contribution in [0.5, 0.6) is 5.75 Å². The maximum Gasteiger partial charge on any atom is 0.248 e. The Kier molecular flexibility index (Phi) is 10.6. The van der Waals surface area contributed by atoms with E-state index in [4.69, 9.17) is 9.47 Å². The largest absolute Gasteiger partial charge is 0.494 e. The Hall–Kier alpha value is -3.17. The van der Waals surface area contributed by atoms with E-state index in [2.05, 4.69) is 20.1 Å². The van der Waals surface area contributed by atoms with Crippen LogP contribution in [-0.4, -0.2) is 88.3 Å². The number of benzene rings is 1. The van der Waals surface area contributed by atoms with Crippen molar-refractivity contribution in [2.24, 2.45) is 23.7 Å². The minimum atomic E-state index is -1.19. The molecule has 1 aliphatic carbocycles. The molecule has 3 heterocycles. The molecule has 1 saturated carbocycles. The van der Waals surface area contributed by atoms with Crippen LogP contribution in [0.2, 0.25) is 0 Å². The normalized spacial score (nSPS) is 30.7. The van der Waals surface area contributed by atoms with Gasteiger partial charge in [0.2, 0.25) is 17.7 Å². The number of anilines is 1. The van der Waals surface area contributed by atoms with Crippen molar-refractivity contribution in [3.05, 3.63) is 49.6 Å². The van der Waals surface area contributed by atoms with E-state index in [9.17, 15) is 14.7 Å². The summed E-state index contributed by atoms with van der Waals surface area (Å²) in [6.45, 7) is 18.8. The number of aliphatic hydroxyl groups excluding tert-OH is 1. The summed E-state index contributed by atoms with van der Waals surface area (Å²) in [6, 6.07) is 5.88. The van der Waals surface area contributed by atoms with Gasteiger partial charge < -0.3 is 29.3 Å². The van der Waals surface area contributed by atoms with Crippen LogP contribution in [0.15, 0.2) is 49.6 Å². The fourth-order valence-electron chi connectivity index (χ4n) is 9.16.